The molecule has 0 amide bonds. The molecule has 0 bridgehead atoms. The van der Waals surface area contributed by atoms with Crippen molar-refractivity contribution in [3.63, 3.8) is 0 Å². The molecule has 4 nitrogen and oxygen atoms in total. The fourth-order valence-corrected chi connectivity index (χ4v) is 0.916. The number of carboxylic acids is 2. The predicted octanol–water partition coefficient (Wildman–Crippen LogP) is 1.83. The van der Waals surface area contributed by atoms with Crippen LogP contribution in [-0.2, 0) is 9.59 Å². The minimum atomic E-state index is -0.917. The second kappa shape index (κ2) is 6.88. The van der Waals surface area contributed by atoms with Gasteiger partial charge < -0.3 is 10.2 Å². The lowest BCUT2D eigenvalue weighted by Crippen LogP contribution is -1.99. The molecule has 0 aliphatic rings. The van der Waals surface area contributed by atoms with Crippen molar-refractivity contribution in [3.8, 4) is 0 Å². The maximum Gasteiger partial charge on any atom is 0.331 e. The summed E-state index contributed by atoms with van der Waals surface area (Å²) in [6.07, 6.45) is 5.73. The Hall–Kier alpha value is -1.58. The van der Waals surface area contributed by atoms with E-state index in [1.165, 1.54) is 6.08 Å². The van der Waals surface area contributed by atoms with Crippen molar-refractivity contribution < 1.29 is 19.8 Å². The third kappa shape index (κ3) is 5.99. The molecule has 0 fully saturated rings. The fraction of sp³-hybridized carbons (Fsp3) is 0.400. The second-order valence-electron chi connectivity index (χ2n) is 2.73. The maximum atomic E-state index is 10.5. The molecule has 0 aliphatic heterocycles. The summed E-state index contributed by atoms with van der Waals surface area (Å²) in [5.41, 5.74) is 0.352. The smallest absolute Gasteiger partial charge is 0.331 e. The third-order valence-corrected chi connectivity index (χ3v) is 1.66. The molecule has 78 valence electrons. The number of hydrogen-bond donors (Lipinski definition) is 2. The molecular formula is C10H14O4. The van der Waals surface area contributed by atoms with Crippen LogP contribution in [0.15, 0.2) is 23.8 Å². The van der Waals surface area contributed by atoms with Crippen LogP contribution in [0.3, 0.4) is 0 Å². The standard InChI is InChI=1S/C10H14O4/c1-2-8(10(13)14)6-4-3-5-7-9(11)12/h2-3,5H,4,6-7H2,1H3,(H,11,12)(H,13,14). The number of hydrogen-bond acceptors (Lipinski definition) is 2. The zero-order chi connectivity index (χ0) is 11.0. The topological polar surface area (TPSA) is 74.6 Å². The summed E-state index contributed by atoms with van der Waals surface area (Å²) in [6.45, 7) is 1.67. The second-order valence-corrected chi connectivity index (χ2v) is 2.73. The molecule has 0 saturated heterocycles. The summed E-state index contributed by atoms with van der Waals surface area (Å²) in [7, 11) is 0. The van der Waals surface area contributed by atoms with Gasteiger partial charge in [-0.05, 0) is 19.8 Å². The molecule has 0 aliphatic carbocycles. The van der Waals surface area contributed by atoms with E-state index in [0.717, 1.165) is 0 Å². The van der Waals surface area contributed by atoms with Crippen LogP contribution in [0.4, 0.5) is 0 Å². The lowest BCUT2D eigenvalue weighted by Gasteiger charge is -1.96. The monoisotopic (exact) mass is 198 g/mol. The Morgan fingerprint density at radius 1 is 1.21 bits per heavy atom. The SMILES string of the molecule is CC=C(CCC=CCC(=O)O)C(=O)O. The summed E-state index contributed by atoms with van der Waals surface area (Å²) in [5.74, 6) is -1.80. The van der Waals surface area contributed by atoms with E-state index in [1.54, 1.807) is 19.1 Å². The number of carboxylic acid groups (broad SMARTS) is 2. The number of allylic oxidation sites excluding steroid dienone is 2. The van der Waals surface area contributed by atoms with Crippen LogP contribution in [0, 0.1) is 0 Å². The first kappa shape index (κ1) is 12.4. The molecule has 0 aromatic carbocycles. The van der Waals surface area contributed by atoms with Gasteiger partial charge in [0.1, 0.15) is 0 Å². The summed E-state index contributed by atoms with van der Waals surface area (Å²) < 4.78 is 0. The van der Waals surface area contributed by atoms with E-state index >= 15 is 0 Å². The molecule has 4 heteroatoms. The van der Waals surface area contributed by atoms with Gasteiger partial charge in [0.2, 0.25) is 0 Å². The van der Waals surface area contributed by atoms with Crippen molar-refractivity contribution in [2.24, 2.45) is 0 Å². The Kier molecular flexibility index (Phi) is 6.11. The van der Waals surface area contributed by atoms with Gasteiger partial charge in [-0.1, -0.05) is 18.2 Å². The zero-order valence-corrected chi connectivity index (χ0v) is 8.06. The first-order chi connectivity index (χ1) is 6.57. The van der Waals surface area contributed by atoms with Crippen LogP contribution in [0.25, 0.3) is 0 Å². The van der Waals surface area contributed by atoms with Crippen molar-refractivity contribution in [3.05, 3.63) is 23.8 Å². The number of carbonyl (C=O) groups is 2. The summed E-state index contributed by atoms with van der Waals surface area (Å²) in [4.78, 5) is 20.6. The van der Waals surface area contributed by atoms with Crippen LogP contribution >= 0.6 is 0 Å². The van der Waals surface area contributed by atoms with Crippen LogP contribution in [-0.4, -0.2) is 22.2 Å². The molecule has 2 N–H and O–H groups in total. The molecule has 0 atom stereocenters. The first-order valence-corrected chi connectivity index (χ1v) is 4.33. The van der Waals surface area contributed by atoms with Gasteiger partial charge in [-0.3, -0.25) is 4.79 Å². The average molecular weight is 198 g/mol. The molecule has 0 aromatic heterocycles. The molecule has 0 aromatic rings. The minimum absolute atomic E-state index is 0.0156. The average Bonchev–Trinajstić information content (AvgIpc) is 2.10. The zero-order valence-electron chi connectivity index (χ0n) is 8.06. The van der Waals surface area contributed by atoms with Crippen molar-refractivity contribution in [2.45, 2.75) is 26.2 Å². The van der Waals surface area contributed by atoms with Gasteiger partial charge in [0.05, 0.1) is 6.42 Å². The third-order valence-electron chi connectivity index (χ3n) is 1.66. The highest BCUT2D eigenvalue weighted by Crippen LogP contribution is 2.05. The number of aliphatic carboxylic acids is 2. The van der Waals surface area contributed by atoms with Crippen molar-refractivity contribution in [1.82, 2.24) is 0 Å². The largest absolute Gasteiger partial charge is 0.481 e. The van der Waals surface area contributed by atoms with Crippen LogP contribution in [0.1, 0.15) is 26.2 Å². The summed E-state index contributed by atoms with van der Waals surface area (Å²) in [5, 5.41) is 16.9. The van der Waals surface area contributed by atoms with Crippen molar-refractivity contribution >= 4 is 11.9 Å². The first-order valence-electron chi connectivity index (χ1n) is 4.33. The van der Waals surface area contributed by atoms with Gasteiger partial charge in [-0.2, -0.15) is 0 Å². The normalized spacial score (nSPS) is 11.9. The van der Waals surface area contributed by atoms with E-state index < -0.39 is 11.9 Å². The highest BCUT2D eigenvalue weighted by atomic mass is 16.4. The Labute approximate surface area is 82.6 Å². The Morgan fingerprint density at radius 2 is 1.86 bits per heavy atom. The quantitative estimate of drug-likeness (QED) is 0.504. The number of rotatable bonds is 6. The maximum absolute atomic E-state index is 10.5. The van der Waals surface area contributed by atoms with E-state index in [1.807, 2.05) is 0 Å². The van der Waals surface area contributed by atoms with Crippen molar-refractivity contribution in [1.29, 1.82) is 0 Å². The molecule has 0 unspecified atom stereocenters. The highest BCUT2D eigenvalue weighted by Gasteiger charge is 2.03. The summed E-state index contributed by atoms with van der Waals surface area (Å²) >= 11 is 0. The lowest BCUT2D eigenvalue weighted by atomic mass is 10.1. The van der Waals surface area contributed by atoms with Gasteiger partial charge in [0, 0.05) is 5.57 Å². The molecule has 0 heterocycles. The Bertz CT molecular complexity index is 263. The minimum Gasteiger partial charge on any atom is -0.481 e. The van der Waals surface area contributed by atoms with Crippen LogP contribution in [0.5, 0.6) is 0 Å². The molecular weight excluding hydrogens is 184 g/mol. The van der Waals surface area contributed by atoms with Gasteiger partial charge >= 0.3 is 11.9 Å². The Balaban J connectivity index is 3.78. The van der Waals surface area contributed by atoms with Gasteiger partial charge in [-0.25, -0.2) is 4.79 Å². The van der Waals surface area contributed by atoms with Crippen molar-refractivity contribution in [2.75, 3.05) is 0 Å². The van der Waals surface area contributed by atoms with E-state index in [2.05, 4.69) is 0 Å². The van der Waals surface area contributed by atoms with E-state index in [0.29, 0.717) is 18.4 Å². The Morgan fingerprint density at radius 3 is 2.29 bits per heavy atom. The molecule has 0 rings (SSSR count). The molecule has 0 radical (unpaired) electrons. The summed E-state index contributed by atoms with van der Waals surface area (Å²) in [6, 6.07) is 0. The van der Waals surface area contributed by atoms with Crippen LogP contribution in [0.2, 0.25) is 0 Å². The van der Waals surface area contributed by atoms with E-state index in [-0.39, 0.29) is 6.42 Å². The van der Waals surface area contributed by atoms with Crippen LogP contribution < -0.4 is 0 Å². The van der Waals surface area contributed by atoms with E-state index in [4.69, 9.17) is 10.2 Å². The van der Waals surface area contributed by atoms with E-state index in [9.17, 15) is 9.59 Å². The molecule has 0 spiro atoms. The highest BCUT2D eigenvalue weighted by molar-refractivity contribution is 5.86. The van der Waals surface area contributed by atoms with Gasteiger partial charge in [0.15, 0.2) is 0 Å². The van der Waals surface area contributed by atoms with Gasteiger partial charge in [0.25, 0.3) is 0 Å². The molecule has 14 heavy (non-hydrogen) atoms. The predicted molar refractivity (Wildman–Crippen MR) is 52.0 cm³/mol. The molecule has 0 saturated carbocycles. The lowest BCUT2D eigenvalue weighted by molar-refractivity contribution is -0.136. The fourth-order valence-electron chi connectivity index (χ4n) is 0.916. The van der Waals surface area contributed by atoms with Gasteiger partial charge in [-0.15, -0.1) is 0 Å².